The minimum absolute atomic E-state index is 0.0901. The van der Waals surface area contributed by atoms with E-state index in [4.69, 9.17) is 0 Å². The van der Waals surface area contributed by atoms with E-state index in [1.807, 2.05) is 19.2 Å². The van der Waals surface area contributed by atoms with Crippen LogP contribution in [0.3, 0.4) is 0 Å². The van der Waals surface area contributed by atoms with E-state index in [2.05, 4.69) is 5.32 Å². The Balaban J connectivity index is 2.00. The molecule has 1 aliphatic rings. The zero-order valence-corrected chi connectivity index (χ0v) is 9.17. The van der Waals surface area contributed by atoms with Gasteiger partial charge in [0.05, 0.1) is 0 Å². The molecule has 1 N–H and O–H groups in total. The number of hydrogen-bond donors (Lipinski definition) is 1. The molecule has 2 heteroatoms. The highest BCUT2D eigenvalue weighted by molar-refractivity contribution is 5.21. The van der Waals surface area contributed by atoms with E-state index in [1.165, 1.54) is 25.3 Å². The zero-order chi connectivity index (χ0) is 10.7. The second-order valence-electron chi connectivity index (χ2n) is 4.38. The molecular weight excluding hydrogens is 189 g/mol. The summed E-state index contributed by atoms with van der Waals surface area (Å²) in [6.45, 7) is 0. The lowest BCUT2D eigenvalue weighted by atomic mass is 10.0. The Morgan fingerprint density at radius 3 is 2.73 bits per heavy atom. The van der Waals surface area contributed by atoms with Gasteiger partial charge in [-0.3, -0.25) is 0 Å². The molecule has 0 aromatic heterocycles. The molecule has 1 aromatic rings. The Hall–Kier alpha value is -0.890. The Kier molecular flexibility index (Phi) is 3.37. The van der Waals surface area contributed by atoms with Gasteiger partial charge in [-0.25, -0.2) is 4.39 Å². The van der Waals surface area contributed by atoms with Crippen LogP contribution in [0.25, 0.3) is 0 Å². The van der Waals surface area contributed by atoms with Crippen LogP contribution in [0.4, 0.5) is 4.39 Å². The standard InChI is InChI=1S/C13H18FN/c1-15-13(9-8-10-6-7-10)11-4-2-3-5-12(11)14/h2-5,10,13,15H,6-9H2,1H3. The first kappa shape index (κ1) is 10.6. The second kappa shape index (κ2) is 4.75. The van der Waals surface area contributed by atoms with Crippen LogP contribution in [0.1, 0.15) is 37.3 Å². The first-order chi connectivity index (χ1) is 7.31. The fourth-order valence-electron chi connectivity index (χ4n) is 2.02. The van der Waals surface area contributed by atoms with Gasteiger partial charge in [-0.05, 0) is 31.9 Å². The van der Waals surface area contributed by atoms with Crippen molar-refractivity contribution in [2.24, 2.45) is 5.92 Å². The van der Waals surface area contributed by atoms with Crippen LogP contribution >= 0.6 is 0 Å². The molecule has 1 nitrogen and oxygen atoms in total. The highest BCUT2D eigenvalue weighted by Crippen LogP contribution is 2.36. The van der Waals surface area contributed by atoms with Crippen molar-refractivity contribution >= 4 is 0 Å². The number of rotatable bonds is 5. The molecular formula is C13H18FN. The number of benzene rings is 1. The van der Waals surface area contributed by atoms with Crippen LogP contribution < -0.4 is 5.32 Å². The third-order valence-corrected chi connectivity index (χ3v) is 3.19. The van der Waals surface area contributed by atoms with Crippen molar-refractivity contribution in [1.82, 2.24) is 5.32 Å². The highest BCUT2D eigenvalue weighted by Gasteiger charge is 2.23. The molecule has 0 aliphatic heterocycles. The van der Waals surface area contributed by atoms with Gasteiger partial charge in [-0.1, -0.05) is 31.0 Å². The molecule has 1 unspecified atom stereocenters. The number of nitrogens with one attached hydrogen (secondary N) is 1. The van der Waals surface area contributed by atoms with E-state index in [9.17, 15) is 4.39 Å². The lowest BCUT2D eigenvalue weighted by molar-refractivity contribution is 0.480. The van der Waals surface area contributed by atoms with Crippen LogP contribution in [0.15, 0.2) is 24.3 Å². The molecule has 1 saturated carbocycles. The van der Waals surface area contributed by atoms with Gasteiger partial charge >= 0.3 is 0 Å². The van der Waals surface area contributed by atoms with Crippen molar-refractivity contribution in [1.29, 1.82) is 0 Å². The van der Waals surface area contributed by atoms with E-state index in [0.29, 0.717) is 0 Å². The molecule has 15 heavy (non-hydrogen) atoms. The second-order valence-corrected chi connectivity index (χ2v) is 4.38. The third-order valence-electron chi connectivity index (χ3n) is 3.19. The van der Waals surface area contributed by atoms with Gasteiger partial charge in [0.1, 0.15) is 5.82 Å². The summed E-state index contributed by atoms with van der Waals surface area (Å²) in [5, 5.41) is 3.20. The predicted octanol–water partition coefficient (Wildman–Crippen LogP) is 3.28. The smallest absolute Gasteiger partial charge is 0.127 e. The summed E-state index contributed by atoms with van der Waals surface area (Å²) >= 11 is 0. The summed E-state index contributed by atoms with van der Waals surface area (Å²) in [5.41, 5.74) is 0.806. The van der Waals surface area contributed by atoms with Crippen molar-refractivity contribution in [3.8, 4) is 0 Å². The third kappa shape index (κ3) is 2.78. The monoisotopic (exact) mass is 207 g/mol. The Morgan fingerprint density at radius 1 is 1.40 bits per heavy atom. The average Bonchev–Trinajstić information content (AvgIpc) is 3.05. The van der Waals surface area contributed by atoms with Gasteiger partial charge in [0, 0.05) is 11.6 Å². The highest BCUT2D eigenvalue weighted by atomic mass is 19.1. The molecule has 1 aromatic carbocycles. The largest absolute Gasteiger partial charge is 0.313 e. The quantitative estimate of drug-likeness (QED) is 0.781. The number of halogens is 1. The lowest BCUT2D eigenvalue weighted by Gasteiger charge is -2.16. The van der Waals surface area contributed by atoms with Gasteiger partial charge in [-0.2, -0.15) is 0 Å². The van der Waals surface area contributed by atoms with Crippen molar-refractivity contribution in [3.63, 3.8) is 0 Å². The van der Waals surface area contributed by atoms with E-state index in [0.717, 1.165) is 17.9 Å². The molecule has 1 fully saturated rings. The maximum Gasteiger partial charge on any atom is 0.127 e. The number of hydrogen-bond acceptors (Lipinski definition) is 1. The maximum absolute atomic E-state index is 13.5. The Labute approximate surface area is 90.7 Å². The van der Waals surface area contributed by atoms with E-state index in [1.54, 1.807) is 6.07 Å². The fraction of sp³-hybridized carbons (Fsp3) is 0.538. The summed E-state index contributed by atoms with van der Waals surface area (Å²) in [7, 11) is 1.91. The topological polar surface area (TPSA) is 12.0 Å². The molecule has 1 atom stereocenters. The first-order valence-corrected chi connectivity index (χ1v) is 5.73. The van der Waals surface area contributed by atoms with E-state index in [-0.39, 0.29) is 11.9 Å². The van der Waals surface area contributed by atoms with Crippen LogP contribution in [0.2, 0.25) is 0 Å². The molecule has 1 aliphatic carbocycles. The van der Waals surface area contributed by atoms with Crippen LogP contribution in [-0.4, -0.2) is 7.05 Å². The van der Waals surface area contributed by atoms with Crippen molar-refractivity contribution in [2.75, 3.05) is 7.05 Å². The van der Waals surface area contributed by atoms with Gasteiger partial charge in [0.2, 0.25) is 0 Å². The zero-order valence-electron chi connectivity index (χ0n) is 9.17. The minimum Gasteiger partial charge on any atom is -0.313 e. The van der Waals surface area contributed by atoms with Gasteiger partial charge in [-0.15, -0.1) is 0 Å². The first-order valence-electron chi connectivity index (χ1n) is 5.73. The van der Waals surface area contributed by atoms with Crippen molar-refractivity contribution in [2.45, 2.75) is 31.7 Å². The van der Waals surface area contributed by atoms with Gasteiger partial charge < -0.3 is 5.32 Å². The molecule has 0 saturated heterocycles. The molecule has 2 rings (SSSR count). The summed E-state index contributed by atoms with van der Waals surface area (Å²) in [5.74, 6) is 0.820. The fourth-order valence-corrected chi connectivity index (χ4v) is 2.02. The molecule has 0 radical (unpaired) electrons. The Bertz CT molecular complexity index is 320. The molecule has 82 valence electrons. The summed E-state index contributed by atoms with van der Waals surface area (Å²) in [6.07, 6.45) is 5.00. The lowest BCUT2D eigenvalue weighted by Crippen LogP contribution is -2.17. The predicted molar refractivity (Wildman–Crippen MR) is 60.2 cm³/mol. The van der Waals surface area contributed by atoms with Gasteiger partial charge in [0.25, 0.3) is 0 Å². The van der Waals surface area contributed by atoms with E-state index < -0.39 is 0 Å². The van der Waals surface area contributed by atoms with Gasteiger partial charge in [0.15, 0.2) is 0 Å². The van der Waals surface area contributed by atoms with Crippen LogP contribution in [0, 0.1) is 11.7 Å². The summed E-state index contributed by atoms with van der Waals surface area (Å²) in [4.78, 5) is 0. The molecule has 0 heterocycles. The van der Waals surface area contributed by atoms with E-state index >= 15 is 0 Å². The minimum atomic E-state index is -0.0901. The Morgan fingerprint density at radius 2 is 2.13 bits per heavy atom. The van der Waals surface area contributed by atoms with Crippen molar-refractivity contribution < 1.29 is 4.39 Å². The SMILES string of the molecule is CNC(CCC1CC1)c1ccccc1F. The van der Waals surface area contributed by atoms with Crippen LogP contribution in [0.5, 0.6) is 0 Å². The summed E-state index contributed by atoms with van der Waals surface area (Å²) in [6, 6.07) is 7.23. The average molecular weight is 207 g/mol. The van der Waals surface area contributed by atoms with Crippen LogP contribution in [-0.2, 0) is 0 Å². The normalized spacial score (nSPS) is 17.7. The molecule has 0 bridgehead atoms. The maximum atomic E-state index is 13.5. The summed E-state index contributed by atoms with van der Waals surface area (Å²) < 4.78 is 13.5. The van der Waals surface area contributed by atoms with Crippen molar-refractivity contribution in [3.05, 3.63) is 35.6 Å². The molecule has 0 amide bonds. The molecule has 0 spiro atoms.